The van der Waals surface area contributed by atoms with E-state index in [-0.39, 0.29) is 23.8 Å². The molecule has 2 amide bonds. The number of nitrogens with one attached hydrogen (secondary N) is 2. The molecule has 7 heteroatoms. The van der Waals surface area contributed by atoms with Crippen LogP contribution in [-0.2, 0) is 16.8 Å². The van der Waals surface area contributed by atoms with Crippen LogP contribution in [0.2, 0.25) is 0 Å². The van der Waals surface area contributed by atoms with Crippen LogP contribution in [-0.4, -0.2) is 45.3 Å². The van der Waals surface area contributed by atoms with Gasteiger partial charge in [0.1, 0.15) is 0 Å². The van der Waals surface area contributed by atoms with Gasteiger partial charge in [0.2, 0.25) is 0 Å². The van der Waals surface area contributed by atoms with Gasteiger partial charge in [-0.3, -0.25) is 9.89 Å². The third kappa shape index (κ3) is 5.92. The van der Waals surface area contributed by atoms with E-state index in [0.717, 1.165) is 11.4 Å². The highest BCUT2D eigenvalue weighted by Gasteiger charge is 2.22. The first kappa shape index (κ1) is 19.0. The smallest absolute Gasteiger partial charge is 0.317 e. The van der Waals surface area contributed by atoms with Crippen molar-refractivity contribution in [1.29, 1.82) is 0 Å². The minimum atomic E-state index is -0.921. The molecular weight excluding hydrogens is 296 g/mol. The van der Waals surface area contributed by atoms with Gasteiger partial charge in [0.15, 0.2) is 0 Å². The number of hydrogen-bond donors (Lipinski definition) is 3. The summed E-state index contributed by atoms with van der Waals surface area (Å²) in [7, 11) is 1.67. The monoisotopic (exact) mass is 324 g/mol. The largest absolute Gasteiger partial charge is 0.481 e. The Hall–Kier alpha value is -2.05. The zero-order valence-electron chi connectivity index (χ0n) is 14.8. The second-order valence-electron chi connectivity index (χ2n) is 7.28. The summed E-state index contributed by atoms with van der Waals surface area (Å²) in [6, 6.07) is 1.26. The fourth-order valence-electron chi connectivity index (χ4n) is 2.06. The van der Waals surface area contributed by atoms with Crippen LogP contribution >= 0.6 is 0 Å². The SMILES string of the molecule is CC(C)[C@@H](CC(=O)O)NC(=O)N(C)Cc1cc(C(C)(C)C)n[nH]1. The van der Waals surface area contributed by atoms with Crippen molar-refractivity contribution in [3.63, 3.8) is 0 Å². The van der Waals surface area contributed by atoms with E-state index in [4.69, 9.17) is 5.11 Å². The minimum absolute atomic E-state index is 0.0445. The Morgan fingerprint density at radius 3 is 2.43 bits per heavy atom. The first-order valence-corrected chi connectivity index (χ1v) is 7.79. The molecule has 7 nitrogen and oxygen atoms in total. The predicted octanol–water partition coefficient (Wildman–Crippen LogP) is 2.35. The number of aromatic amines is 1. The minimum Gasteiger partial charge on any atom is -0.481 e. The summed E-state index contributed by atoms with van der Waals surface area (Å²) in [5.74, 6) is -0.877. The maximum Gasteiger partial charge on any atom is 0.317 e. The highest BCUT2D eigenvalue weighted by atomic mass is 16.4. The number of rotatable bonds is 6. The summed E-state index contributed by atoms with van der Waals surface area (Å²) in [5, 5.41) is 18.9. The molecule has 1 aromatic rings. The van der Waals surface area contributed by atoms with Crippen LogP contribution in [0.5, 0.6) is 0 Å². The topological polar surface area (TPSA) is 98.3 Å². The Labute approximate surface area is 137 Å². The van der Waals surface area contributed by atoms with E-state index >= 15 is 0 Å². The van der Waals surface area contributed by atoms with Crippen molar-refractivity contribution >= 4 is 12.0 Å². The summed E-state index contributed by atoms with van der Waals surface area (Å²) in [5.41, 5.74) is 1.72. The number of nitrogens with zero attached hydrogens (tertiary/aromatic N) is 2. The molecule has 0 aliphatic heterocycles. The zero-order valence-corrected chi connectivity index (χ0v) is 14.8. The number of urea groups is 1. The van der Waals surface area contributed by atoms with Crippen LogP contribution in [0.4, 0.5) is 4.79 Å². The average Bonchev–Trinajstić information content (AvgIpc) is 2.85. The highest BCUT2D eigenvalue weighted by Crippen LogP contribution is 2.20. The fraction of sp³-hybridized carbons (Fsp3) is 0.688. The lowest BCUT2D eigenvalue weighted by Gasteiger charge is -2.24. The Morgan fingerprint density at radius 2 is 2.00 bits per heavy atom. The summed E-state index contributed by atoms with van der Waals surface area (Å²) < 4.78 is 0. The molecule has 130 valence electrons. The van der Waals surface area contributed by atoms with E-state index in [9.17, 15) is 9.59 Å². The van der Waals surface area contributed by atoms with Crippen LogP contribution in [0.3, 0.4) is 0 Å². The van der Waals surface area contributed by atoms with Crippen LogP contribution in [0.25, 0.3) is 0 Å². The molecular formula is C16H28N4O3. The molecule has 0 unspecified atom stereocenters. The van der Waals surface area contributed by atoms with E-state index < -0.39 is 12.0 Å². The molecule has 0 aliphatic rings. The van der Waals surface area contributed by atoms with Gasteiger partial charge >= 0.3 is 12.0 Å². The number of hydrogen-bond acceptors (Lipinski definition) is 3. The molecule has 0 spiro atoms. The van der Waals surface area contributed by atoms with Crippen molar-refractivity contribution in [2.24, 2.45) is 5.92 Å². The number of H-pyrrole nitrogens is 1. The molecule has 0 radical (unpaired) electrons. The number of amides is 2. The molecule has 1 heterocycles. The van der Waals surface area contributed by atoms with Gasteiger partial charge in [-0.2, -0.15) is 5.10 Å². The first-order valence-electron chi connectivity index (χ1n) is 7.79. The lowest BCUT2D eigenvalue weighted by molar-refractivity contribution is -0.137. The summed E-state index contributed by atoms with van der Waals surface area (Å²) >= 11 is 0. The number of carboxylic acids is 1. The number of aliphatic carboxylic acids is 1. The van der Waals surface area contributed by atoms with Gasteiger partial charge < -0.3 is 15.3 Å². The molecule has 0 aliphatic carbocycles. The van der Waals surface area contributed by atoms with Gasteiger partial charge in [-0.05, 0) is 12.0 Å². The maximum atomic E-state index is 12.2. The Kier molecular flexibility index (Phi) is 6.18. The third-order valence-electron chi connectivity index (χ3n) is 3.66. The lowest BCUT2D eigenvalue weighted by Crippen LogP contribution is -2.45. The van der Waals surface area contributed by atoms with Crippen LogP contribution < -0.4 is 5.32 Å². The van der Waals surface area contributed by atoms with Crippen LogP contribution in [0, 0.1) is 5.92 Å². The van der Waals surface area contributed by atoms with Crippen molar-refractivity contribution < 1.29 is 14.7 Å². The Balaban J connectivity index is 2.66. The fourth-order valence-corrected chi connectivity index (χ4v) is 2.06. The number of aromatic nitrogens is 2. The molecule has 1 rings (SSSR count). The molecule has 23 heavy (non-hydrogen) atoms. The molecule has 0 saturated heterocycles. The molecule has 1 aromatic heterocycles. The van der Waals surface area contributed by atoms with Gasteiger partial charge in [0.25, 0.3) is 0 Å². The summed E-state index contributed by atoms with van der Waals surface area (Å²) in [6.45, 7) is 10.4. The van der Waals surface area contributed by atoms with E-state index in [0.29, 0.717) is 6.54 Å². The van der Waals surface area contributed by atoms with Gasteiger partial charge in [-0.1, -0.05) is 34.6 Å². The van der Waals surface area contributed by atoms with Gasteiger partial charge in [-0.15, -0.1) is 0 Å². The molecule has 3 N–H and O–H groups in total. The molecule has 0 aromatic carbocycles. The number of carboxylic acid groups (broad SMARTS) is 1. The second-order valence-corrected chi connectivity index (χ2v) is 7.28. The number of carbonyl (C=O) groups excluding carboxylic acids is 1. The van der Waals surface area contributed by atoms with Crippen LogP contribution in [0.1, 0.15) is 52.4 Å². The lowest BCUT2D eigenvalue weighted by atomic mass is 9.92. The Morgan fingerprint density at radius 1 is 1.39 bits per heavy atom. The summed E-state index contributed by atoms with van der Waals surface area (Å²) in [6.07, 6.45) is -0.0878. The van der Waals surface area contributed by atoms with Crippen molar-refractivity contribution in [2.45, 2.75) is 59.0 Å². The Bertz CT molecular complexity index is 546. The first-order chi connectivity index (χ1) is 10.5. The van der Waals surface area contributed by atoms with E-state index in [2.05, 4.69) is 36.3 Å². The van der Waals surface area contributed by atoms with Gasteiger partial charge in [-0.25, -0.2) is 4.79 Å². The van der Waals surface area contributed by atoms with Crippen molar-refractivity contribution in [3.8, 4) is 0 Å². The second kappa shape index (κ2) is 7.48. The van der Waals surface area contributed by atoms with Crippen molar-refractivity contribution in [1.82, 2.24) is 20.4 Å². The van der Waals surface area contributed by atoms with Crippen LogP contribution in [0.15, 0.2) is 6.07 Å². The zero-order chi connectivity index (χ0) is 17.8. The van der Waals surface area contributed by atoms with Crippen molar-refractivity contribution in [3.05, 3.63) is 17.5 Å². The predicted molar refractivity (Wildman–Crippen MR) is 88.2 cm³/mol. The molecule has 0 bridgehead atoms. The standard InChI is InChI=1S/C16H28N4O3/c1-10(2)12(8-14(21)22)17-15(23)20(6)9-11-7-13(19-18-11)16(3,4)5/h7,10,12H,8-9H2,1-6H3,(H,17,23)(H,18,19)(H,21,22)/t12-/m1/s1. The third-order valence-corrected chi connectivity index (χ3v) is 3.66. The van der Waals surface area contributed by atoms with E-state index in [1.54, 1.807) is 7.05 Å². The number of carbonyl (C=O) groups is 2. The quantitative estimate of drug-likeness (QED) is 0.748. The molecule has 1 atom stereocenters. The van der Waals surface area contributed by atoms with E-state index in [1.165, 1.54) is 4.90 Å². The van der Waals surface area contributed by atoms with Gasteiger partial charge in [0.05, 0.1) is 24.4 Å². The molecule has 0 fully saturated rings. The highest BCUT2D eigenvalue weighted by molar-refractivity contribution is 5.75. The average molecular weight is 324 g/mol. The van der Waals surface area contributed by atoms with E-state index in [1.807, 2.05) is 19.9 Å². The normalized spacial score (nSPS) is 13.0. The summed E-state index contributed by atoms with van der Waals surface area (Å²) in [4.78, 5) is 24.6. The maximum absolute atomic E-state index is 12.2. The van der Waals surface area contributed by atoms with Crippen molar-refractivity contribution in [2.75, 3.05) is 7.05 Å². The van der Waals surface area contributed by atoms with Gasteiger partial charge in [0, 0.05) is 18.5 Å². The molecule has 0 saturated carbocycles.